The number of esters is 1. The zero-order valence-corrected chi connectivity index (χ0v) is 9.43. The molecular formula is C10H15NO2S. The largest absolute Gasteiger partial charge is 0.468 e. The van der Waals surface area contributed by atoms with Crippen molar-refractivity contribution < 1.29 is 9.53 Å². The van der Waals surface area contributed by atoms with Crippen LogP contribution in [0.5, 0.6) is 0 Å². The normalized spacial score (nSPS) is 14.8. The van der Waals surface area contributed by atoms with E-state index < -0.39 is 0 Å². The molecule has 14 heavy (non-hydrogen) atoms. The van der Waals surface area contributed by atoms with Gasteiger partial charge in [-0.3, -0.25) is 10.1 Å². The molecule has 1 rings (SSSR count). The van der Waals surface area contributed by atoms with Crippen LogP contribution >= 0.6 is 11.3 Å². The van der Waals surface area contributed by atoms with Gasteiger partial charge in [0.1, 0.15) is 6.04 Å². The summed E-state index contributed by atoms with van der Waals surface area (Å²) in [4.78, 5) is 12.4. The Labute approximate surface area is 88.1 Å². The van der Waals surface area contributed by atoms with E-state index in [1.165, 1.54) is 12.0 Å². The van der Waals surface area contributed by atoms with Gasteiger partial charge in [-0.2, -0.15) is 0 Å². The van der Waals surface area contributed by atoms with E-state index in [0.717, 1.165) is 0 Å². The summed E-state index contributed by atoms with van der Waals surface area (Å²) < 4.78 is 4.63. The third-order valence-electron chi connectivity index (χ3n) is 2.02. The number of hydrogen-bond acceptors (Lipinski definition) is 4. The zero-order valence-electron chi connectivity index (χ0n) is 8.61. The van der Waals surface area contributed by atoms with Gasteiger partial charge in [-0.15, -0.1) is 11.3 Å². The van der Waals surface area contributed by atoms with Gasteiger partial charge in [0.05, 0.1) is 7.11 Å². The standard InChI is InChI=1S/C10H15NO2S/c1-7(9-5-4-6-14-9)11-8(2)10(12)13-3/h4-8,11H,1-3H3/t7-,8?/m0/s1. The summed E-state index contributed by atoms with van der Waals surface area (Å²) in [6.07, 6.45) is 0. The van der Waals surface area contributed by atoms with Crippen LogP contribution in [0.15, 0.2) is 17.5 Å². The number of thiophene rings is 1. The second kappa shape index (κ2) is 5.12. The summed E-state index contributed by atoms with van der Waals surface area (Å²) in [5.41, 5.74) is 0. The minimum absolute atomic E-state index is 0.184. The van der Waals surface area contributed by atoms with E-state index in [0.29, 0.717) is 0 Å². The summed E-state index contributed by atoms with van der Waals surface area (Å²) in [7, 11) is 1.40. The first-order valence-electron chi connectivity index (χ1n) is 4.52. The van der Waals surface area contributed by atoms with E-state index in [1.54, 1.807) is 18.3 Å². The lowest BCUT2D eigenvalue weighted by Crippen LogP contribution is -2.36. The van der Waals surface area contributed by atoms with E-state index in [2.05, 4.69) is 10.1 Å². The first kappa shape index (κ1) is 11.2. The lowest BCUT2D eigenvalue weighted by Gasteiger charge is -2.16. The minimum atomic E-state index is -0.267. The van der Waals surface area contributed by atoms with Crippen molar-refractivity contribution in [2.45, 2.75) is 25.9 Å². The Kier molecular flexibility index (Phi) is 4.10. The van der Waals surface area contributed by atoms with Crippen LogP contribution in [0.4, 0.5) is 0 Å². The molecule has 1 aromatic heterocycles. The van der Waals surface area contributed by atoms with E-state index in [-0.39, 0.29) is 18.1 Å². The number of hydrogen-bond donors (Lipinski definition) is 1. The Hall–Kier alpha value is -0.870. The number of methoxy groups -OCH3 is 1. The van der Waals surface area contributed by atoms with Gasteiger partial charge in [0.2, 0.25) is 0 Å². The molecule has 1 unspecified atom stereocenters. The lowest BCUT2D eigenvalue weighted by molar-refractivity contribution is -0.142. The summed E-state index contributed by atoms with van der Waals surface area (Å²) in [5, 5.41) is 5.19. The zero-order chi connectivity index (χ0) is 10.6. The average molecular weight is 213 g/mol. The summed E-state index contributed by atoms with van der Waals surface area (Å²) in [6.45, 7) is 3.83. The minimum Gasteiger partial charge on any atom is -0.468 e. The summed E-state index contributed by atoms with van der Waals surface area (Å²) >= 11 is 1.68. The molecule has 0 spiro atoms. The number of carbonyl (C=O) groups excluding carboxylic acids is 1. The highest BCUT2D eigenvalue weighted by atomic mass is 32.1. The van der Waals surface area contributed by atoms with Crippen molar-refractivity contribution >= 4 is 17.3 Å². The molecule has 0 aromatic carbocycles. The molecule has 2 atom stereocenters. The van der Waals surface area contributed by atoms with Crippen LogP contribution in [0.1, 0.15) is 24.8 Å². The van der Waals surface area contributed by atoms with Crippen molar-refractivity contribution in [3.63, 3.8) is 0 Å². The van der Waals surface area contributed by atoms with Gasteiger partial charge in [0, 0.05) is 10.9 Å². The van der Waals surface area contributed by atoms with Crippen molar-refractivity contribution in [2.24, 2.45) is 0 Å². The predicted molar refractivity (Wildman–Crippen MR) is 57.3 cm³/mol. The van der Waals surface area contributed by atoms with Gasteiger partial charge in [0.25, 0.3) is 0 Å². The second-order valence-corrected chi connectivity index (χ2v) is 4.13. The topological polar surface area (TPSA) is 38.3 Å². The second-order valence-electron chi connectivity index (χ2n) is 3.15. The quantitative estimate of drug-likeness (QED) is 0.777. The van der Waals surface area contributed by atoms with Gasteiger partial charge < -0.3 is 4.74 Å². The first-order valence-corrected chi connectivity index (χ1v) is 5.40. The maximum atomic E-state index is 11.1. The fourth-order valence-electron chi connectivity index (χ4n) is 1.24. The Bertz CT molecular complexity index is 284. The molecule has 0 aliphatic heterocycles. The molecule has 78 valence electrons. The van der Waals surface area contributed by atoms with Crippen LogP contribution < -0.4 is 5.32 Å². The molecule has 4 heteroatoms. The van der Waals surface area contributed by atoms with Gasteiger partial charge >= 0.3 is 5.97 Å². The van der Waals surface area contributed by atoms with Crippen molar-refractivity contribution in [3.05, 3.63) is 22.4 Å². The average Bonchev–Trinajstić information content (AvgIpc) is 2.69. The van der Waals surface area contributed by atoms with Gasteiger partial charge in [-0.1, -0.05) is 6.07 Å². The number of ether oxygens (including phenoxy) is 1. The highest BCUT2D eigenvalue weighted by Crippen LogP contribution is 2.18. The van der Waals surface area contributed by atoms with Crippen LogP contribution in [-0.2, 0) is 9.53 Å². The van der Waals surface area contributed by atoms with E-state index >= 15 is 0 Å². The fourth-order valence-corrected chi connectivity index (χ4v) is 1.98. The highest BCUT2D eigenvalue weighted by molar-refractivity contribution is 7.10. The molecule has 1 aromatic rings. The molecule has 1 heterocycles. The monoisotopic (exact) mass is 213 g/mol. The number of nitrogens with one attached hydrogen (secondary N) is 1. The van der Waals surface area contributed by atoms with E-state index in [1.807, 2.05) is 24.4 Å². The third kappa shape index (κ3) is 2.82. The van der Waals surface area contributed by atoms with Crippen molar-refractivity contribution in [1.29, 1.82) is 0 Å². The van der Waals surface area contributed by atoms with E-state index in [9.17, 15) is 4.79 Å². The molecule has 0 aliphatic rings. The van der Waals surface area contributed by atoms with Crippen LogP contribution in [-0.4, -0.2) is 19.1 Å². The van der Waals surface area contributed by atoms with Crippen LogP contribution in [0.2, 0.25) is 0 Å². The molecule has 0 aliphatic carbocycles. The first-order chi connectivity index (χ1) is 6.65. The Morgan fingerprint density at radius 1 is 1.57 bits per heavy atom. The summed E-state index contributed by atoms with van der Waals surface area (Å²) in [5.74, 6) is -0.228. The molecule has 1 N–H and O–H groups in total. The van der Waals surface area contributed by atoms with Gasteiger partial charge in [-0.05, 0) is 25.3 Å². The lowest BCUT2D eigenvalue weighted by atomic mass is 10.2. The fraction of sp³-hybridized carbons (Fsp3) is 0.500. The Morgan fingerprint density at radius 2 is 2.29 bits per heavy atom. The van der Waals surface area contributed by atoms with Gasteiger partial charge in [0.15, 0.2) is 0 Å². The summed E-state index contributed by atoms with van der Waals surface area (Å²) in [6, 6.07) is 3.97. The van der Waals surface area contributed by atoms with Crippen LogP contribution in [0.3, 0.4) is 0 Å². The van der Waals surface area contributed by atoms with Crippen LogP contribution in [0.25, 0.3) is 0 Å². The molecule has 0 fully saturated rings. The van der Waals surface area contributed by atoms with Crippen molar-refractivity contribution in [2.75, 3.05) is 7.11 Å². The van der Waals surface area contributed by atoms with Crippen molar-refractivity contribution in [1.82, 2.24) is 5.32 Å². The molecule has 0 saturated carbocycles. The number of rotatable bonds is 4. The maximum absolute atomic E-state index is 11.1. The smallest absolute Gasteiger partial charge is 0.322 e. The third-order valence-corrected chi connectivity index (χ3v) is 3.08. The maximum Gasteiger partial charge on any atom is 0.322 e. The molecular weight excluding hydrogens is 198 g/mol. The predicted octanol–water partition coefficient (Wildman–Crippen LogP) is 1.96. The number of carbonyl (C=O) groups is 1. The Morgan fingerprint density at radius 3 is 2.79 bits per heavy atom. The molecule has 0 amide bonds. The molecule has 0 saturated heterocycles. The molecule has 3 nitrogen and oxygen atoms in total. The molecule has 0 bridgehead atoms. The van der Waals surface area contributed by atoms with Crippen LogP contribution in [0, 0.1) is 0 Å². The Balaban J connectivity index is 2.49. The van der Waals surface area contributed by atoms with Crippen molar-refractivity contribution in [3.8, 4) is 0 Å². The molecule has 0 radical (unpaired) electrons. The van der Waals surface area contributed by atoms with Gasteiger partial charge in [-0.25, -0.2) is 0 Å². The highest BCUT2D eigenvalue weighted by Gasteiger charge is 2.16. The SMILES string of the molecule is COC(=O)C(C)N[C@@H](C)c1cccs1. The van der Waals surface area contributed by atoms with E-state index in [4.69, 9.17) is 0 Å².